The first-order valence-electron chi connectivity index (χ1n) is 7.07. The number of aryl methyl sites for hydroxylation is 1. The summed E-state index contributed by atoms with van der Waals surface area (Å²) < 4.78 is 1.93. The lowest BCUT2D eigenvalue weighted by Crippen LogP contribution is -2.32. The third-order valence-corrected chi connectivity index (χ3v) is 2.95. The average molecular weight is 287 g/mol. The van der Waals surface area contributed by atoms with E-state index >= 15 is 0 Å². The lowest BCUT2D eigenvalue weighted by atomic mass is 10.2. The molecule has 112 valence electrons. The van der Waals surface area contributed by atoms with Gasteiger partial charge in [-0.05, 0) is 19.1 Å². The van der Waals surface area contributed by atoms with Gasteiger partial charge < -0.3 is 15.2 Å². The molecule has 0 saturated carbocycles. The molecule has 0 aliphatic carbocycles. The molecule has 0 radical (unpaired) electrons. The summed E-state index contributed by atoms with van der Waals surface area (Å²) in [6.07, 6.45) is 3.88. The third-order valence-electron chi connectivity index (χ3n) is 2.95. The fourth-order valence-electron chi connectivity index (χ4n) is 1.84. The summed E-state index contributed by atoms with van der Waals surface area (Å²) >= 11 is 0. The number of hydrogen-bond donors (Lipinski definition) is 2. The number of rotatable bonds is 6. The quantitative estimate of drug-likeness (QED) is 0.794. The zero-order valence-corrected chi connectivity index (χ0v) is 12.6. The van der Waals surface area contributed by atoms with Gasteiger partial charge in [-0.25, -0.2) is 9.97 Å². The summed E-state index contributed by atoms with van der Waals surface area (Å²) in [5.74, 6) is 2.34. The number of carbonyl (C=O) groups excluding carboxylic acids is 1. The Kier molecular flexibility index (Phi) is 4.92. The summed E-state index contributed by atoms with van der Waals surface area (Å²) in [5, 5.41) is 6.06. The summed E-state index contributed by atoms with van der Waals surface area (Å²) in [6.45, 7) is 6.80. The predicted molar refractivity (Wildman–Crippen MR) is 82.4 cm³/mol. The molecule has 2 N–H and O–H groups in total. The van der Waals surface area contributed by atoms with Crippen LogP contribution in [0.25, 0.3) is 5.82 Å². The molecular weight excluding hydrogens is 266 g/mol. The van der Waals surface area contributed by atoms with Crippen LogP contribution in [0.4, 0.5) is 5.82 Å². The molecule has 0 saturated heterocycles. The van der Waals surface area contributed by atoms with E-state index < -0.39 is 0 Å². The van der Waals surface area contributed by atoms with E-state index in [1.165, 1.54) is 0 Å². The van der Waals surface area contributed by atoms with Crippen LogP contribution in [0.2, 0.25) is 0 Å². The molecule has 21 heavy (non-hydrogen) atoms. The molecule has 2 aromatic rings. The molecule has 6 heteroatoms. The SMILES string of the molecule is Cc1nc(NCCNC(=O)C(C)C)cc(-n2cccc2)n1. The zero-order valence-electron chi connectivity index (χ0n) is 12.6. The molecule has 0 spiro atoms. The predicted octanol–water partition coefficient (Wildman–Crippen LogP) is 1.76. The summed E-state index contributed by atoms with van der Waals surface area (Å²) in [4.78, 5) is 20.2. The van der Waals surface area contributed by atoms with Crippen molar-refractivity contribution in [1.29, 1.82) is 0 Å². The molecule has 0 aromatic carbocycles. The van der Waals surface area contributed by atoms with Gasteiger partial charge in [0.15, 0.2) is 0 Å². The lowest BCUT2D eigenvalue weighted by molar-refractivity contribution is -0.123. The van der Waals surface area contributed by atoms with Crippen molar-refractivity contribution in [3.63, 3.8) is 0 Å². The van der Waals surface area contributed by atoms with Crippen molar-refractivity contribution in [3.8, 4) is 5.82 Å². The van der Waals surface area contributed by atoms with Crippen molar-refractivity contribution in [2.24, 2.45) is 5.92 Å². The second-order valence-corrected chi connectivity index (χ2v) is 5.12. The third kappa shape index (κ3) is 4.30. The molecule has 0 bridgehead atoms. The van der Waals surface area contributed by atoms with Gasteiger partial charge in [-0.3, -0.25) is 4.79 Å². The highest BCUT2D eigenvalue weighted by molar-refractivity contribution is 5.77. The monoisotopic (exact) mass is 287 g/mol. The first kappa shape index (κ1) is 15.0. The van der Waals surface area contributed by atoms with Crippen LogP contribution in [-0.2, 0) is 4.79 Å². The number of aromatic nitrogens is 3. The van der Waals surface area contributed by atoms with Crippen LogP contribution in [0.1, 0.15) is 19.7 Å². The largest absolute Gasteiger partial charge is 0.368 e. The highest BCUT2D eigenvalue weighted by atomic mass is 16.1. The second-order valence-electron chi connectivity index (χ2n) is 5.12. The summed E-state index contributed by atoms with van der Waals surface area (Å²) in [5.41, 5.74) is 0. The molecule has 6 nitrogen and oxygen atoms in total. The molecule has 0 unspecified atom stereocenters. The molecular formula is C15H21N5O. The van der Waals surface area contributed by atoms with Crippen molar-refractivity contribution in [3.05, 3.63) is 36.4 Å². The maximum atomic E-state index is 11.4. The Hall–Kier alpha value is -2.37. The maximum absolute atomic E-state index is 11.4. The van der Waals surface area contributed by atoms with E-state index in [1.807, 2.05) is 55.9 Å². The molecule has 0 aliphatic rings. The van der Waals surface area contributed by atoms with E-state index in [2.05, 4.69) is 20.6 Å². The lowest BCUT2D eigenvalue weighted by Gasteiger charge is -2.11. The first-order valence-corrected chi connectivity index (χ1v) is 7.07. The standard InChI is InChI=1S/C15H21N5O/c1-11(2)15(21)17-7-6-16-13-10-14(19-12(3)18-13)20-8-4-5-9-20/h4-5,8-11H,6-7H2,1-3H3,(H,17,21)(H,16,18,19). The van der Waals surface area contributed by atoms with Crippen molar-refractivity contribution < 1.29 is 4.79 Å². The van der Waals surface area contributed by atoms with Crippen LogP contribution in [0.3, 0.4) is 0 Å². The van der Waals surface area contributed by atoms with Crippen LogP contribution >= 0.6 is 0 Å². The van der Waals surface area contributed by atoms with Gasteiger partial charge in [0, 0.05) is 37.5 Å². The molecule has 0 atom stereocenters. The number of amides is 1. The Morgan fingerprint density at radius 2 is 1.95 bits per heavy atom. The minimum atomic E-state index is 0.00615. The molecule has 0 fully saturated rings. The van der Waals surface area contributed by atoms with E-state index in [-0.39, 0.29) is 11.8 Å². The normalized spacial score (nSPS) is 10.7. The van der Waals surface area contributed by atoms with Gasteiger partial charge in [-0.1, -0.05) is 13.8 Å². The van der Waals surface area contributed by atoms with Gasteiger partial charge in [0.25, 0.3) is 0 Å². The highest BCUT2D eigenvalue weighted by Gasteiger charge is 2.06. The fourth-order valence-corrected chi connectivity index (χ4v) is 1.84. The smallest absolute Gasteiger partial charge is 0.222 e. The second kappa shape index (κ2) is 6.88. The fraction of sp³-hybridized carbons (Fsp3) is 0.400. The van der Waals surface area contributed by atoms with Crippen molar-refractivity contribution in [2.45, 2.75) is 20.8 Å². The van der Waals surface area contributed by atoms with Crippen molar-refractivity contribution in [1.82, 2.24) is 19.9 Å². The van der Waals surface area contributed by atoms with Gasteiger partial charge >= 0.3 is 0 Å². The van der Waals surface area contributed by atoms with Crippen molar-refractivity contribution >= 4 is 11.7 Å². The first-order chi connectivity index (χ1) is 10.1. The molecule has 2 aromatic heterocycles. The van der Waals surface area contributed by atoms with Crippen LogP contribution in [0.15, 0.2) is 30.6 Å². The van der Waals surface area contributed by atoms with Gasteiger partial charge in [0.2, 0.25) is 5.91 Å². The molecule has 1 amide bonds. The van der Waals surface area contributed by atoms with Gasteiger partial charge in [-0.15, -0.1) is 0 Å². The molecule has 2 heterocycles. The molecule has 0 aliphatic heterocycles. The molecule has 2 rings (SSSR count). The number of hydrogen-bond acceptors (Lipinski definition) is 4. The van der Waals surface area contributed by atoms with Crippen LogP contribution in [-0.4, -0.2) is 33.5 Å². The average Bonchev–Trinajstić information content (AvgIpc) is 2.96. The minimum absolute atomic E-state index is 0.00615. The van der Waals surface area contributed by atoms with Crippen LogP contribution < -0.4 is 10.6 Å². The van der Waals surface area contributed by atoms with E-state index in [0.717, 1.165) is 11.6 Å². The Morgan fingerprint density at radius 3 is 2.62 bits per heavy atom. The summed E-state index contributed by atoms with van der Waals surface area (Å²) in [6, 6.07) is 5.79. The Balaban J connectivity index is 1.93. The van der Waals surface area contributed by atoms with Gasteiger partial charge in [-0.2, -0.15) is 0 Å². The van der Waals surface area contributed by atoms with E-state index in [9.17, 15) is 4.79 Å². The Morgan fingerprint density at radius 1 is 1.24 bits per heavy atom. The van der Waals surface area contributed by atoms with Gasteiger partial charge in [0.1, 0.15) is 17.5 Å². The maximum Gasteiger partial charge on any atom is 0.222 e. The number of anilines is 1. The van der Waals surface area contributed by atoms with E-state index in [0.29, 0.717) is 18.9 Å². The number of carbonyl (C=O) groups is 1. The zero-order chi connectivity index (χ0) is 15.2. The van der Waals surface area contributed by atoms with Crippen molar-refractivity contribution in [2.75, 3.05) is 18.4 Å². The summed E-state index contributed by atoms with van der Waals surface area (Å²) in [7, 11) is 0. The number of nitrogens with zero attached hydrogens (tertiary/aromatic N) is 3. The van der Waals surface area contributed by atoms with Gasteiger partial charge in [0.05, 0.1) is 0 Å². The van der Waals surface area contributed by atoms with Crippen LogP contribution in [0.5, 0.6) is 0 Å². The minimum Gasteiger partial charge on any atom is -0.368 e. The van der Waals surface area contributed by atoms with E-state index in [4.69, 9.17) is 0 Å². The number of nitrogens with one attached hydrogen (secondary N) is 2. The Bertz CT molecular complexity index is 592. The van der Waals surface area contributed by atoms with Crippen LogP contribution in [0, 0.1) is 12.8 Å². The van der Waals surface area contributed by atoms with E-state index in [1.54, 1.807) is 0 Å². The highest BCUT2D eigenvalue weighted by Crippen LogP contribution is 2.10. The topological polar surface area (TPSA) is 71.8 Å². The Labute approximate surface area is 124 Å².